The van der Waals surface area contributed by atoms with Crippen molar-refractivity contribution in [1.82, 2.24) is 9.47 Å². The van der Waals surface area contributed by atoms with Crippen LogP contribution in [0.15, 0.2) is 17.5 Å². The average Bonchev–Trinajstić information content (AvgIpc) is 3.22. The molecule has 0 aromatic carbocycles. The lowest BCUT2D eigenvalue weighted by atomic mass is 10.1. The van der Waals surface area contributed by atoms with Gasteiger partial charge in [-0.15, -0.1) is 11.3 Å². The zero-order valence-corrected chi connectivity index (χ0v) is 15.9. The first-order valence-electron chi connectivity index (χ1n) is 8.99. The molecule has 5 nitrogen and oxygen atoms in total. The van der Waals surface area contributed by atoms with Crippen molar-refractivity contribution in [3.63, 3.8) is 0 Å². The SMILES string of the molecule is CCc1c(-c2cccs2)c(C(N)=O)c(C)n1CCCN1CCOCC1. The molecule has 1 saturated heterocycles. The standard InChI is InChI=1S/C19H27N3O2S/c1-3-15-18(16-6-4-13-25-16)17(19(20)23)14(2)22(15)8-5-7-21-9-11-24-12-10-21/h4,6,13H,3,5,7-12H2,1-2H3,(H2,20,23). The van der Waals surface area contributed by atoms with Crippen LogP contribution in [0.5, 0.6) is 0 Å². The van der Waals surface area contributed by atoms with Crippen molar-refractivity contribution in [1.29, 1.82) is 0 Å². The molecule has 6 heteroatoms. The molecule has 0 atom stereocenters. The van der Waals surface area contributed by atoms with Gasteiger partial charge in [-0.1, -0.05) is 13.0 Å². The fraction of sp³-hybridized carbons (Fsp3) is 0.526. The van der Waals surface area contributed by atoms with Crippen LogP contribution >= 0.6 is 11.3 Å². The topological polar surface area (TPSA) is 60.5 Å². The highest BCUT2D eigenvalue weighted by Crippen LogP contribution is 2.35. The molecule has 2 N–H and O–H groups in total. The van der Waals surface area contributed by atoms with E-state index in [0.717, 1.165) is 68.4 Å². The van der Waals surface area contributed by atoms with Gasteiger partial charge in [-0.2, -0.15) is 0 Å². The summed E-state index contributed by atoms with van der Waals surface area (Å²) in [7, 11) is 0. The Kier molecular flexibility index (Phi) is 5.93. The third-order valence-corrected chi connectivity index (χ3v) is 5.83. The maximum atomic E-state index is 12.1. The number of carbonyl (C=O) groups excluding carboxylic acids is 1. The van der Waals surface area contributed by atoms with Gasteiger partial charge in [-0.05, 0) is 31.2 Å². The Morgan fingerprint density at radius 3 is 2.68 bits per heavy atom. The molecule has 3 heterocycles. The smallest absolute Gasteiger partial charge is 0.251 e. The molecule has 3 rings (SSSR count). The highest BCUT2D eigenvalue weighted by Gasteiger charge is 2.24. The molecule has 0 bridgehead atoms. The highest BCUT2D eigenvalue weighted by molar-refractivity contribution is 7.13. The van der Waals surface area contributed by atoms with Gasteiger partial charge in [0.25, 0.3) is 5.91 Å². The Bertz CT molecular complexity index is 716. The number of morpholine rings is 1. The number of aromatic nitrogens is 1. The van der Waals surface area contributed by atoms with E-state index in [2.05, 4.69) is 22.5 Å². The molecule has 1 amide bonds. The van der Waals surface area contributed by atoms with Crippen molar-refractivity contribution in [3.05, 3.63) is 34.5 Å². The van der Waals surface area contributed by atoms with Crippen molar-refractivity contribution in [3.8, 4) is 10.4 Å². The van der Waals surface area contributed by atoms with Gasteiger partial charge in [0.15, 0.2) is 0 Å². The maximum absolute atomic E-state index is 12.1. The molecule has 0 saturated carbocycles. The van der Waals surface area contributed by atoms with Crippen LogP contribution in [0.1, 0.15) is 35.1 Å². The lowest BCUT2D eigenvalue weighted by molar-refractivity contribution is 0.0369. The number of nitrogens with two attached hydrogens (primary N) is 1. The van der Waals surface area contributed by atoms with E-state index >= 15 is 0 Å². The Hall–Kier alpha value is -1.63. The molecular formula is C19H27N3O2S. The number of carbonyl (C=O) groups is 1. The molecule has 1 aliphatic heterocycles. The van der Waals surface area contributed by atoms with E-state index in [-0.39, 0.29) is 5.91 Å². The minimum atomic E-state index is -0.331. The Morgan fingerprint density at radius 2 is 2.08 bits per heavy atom. The molecule has 2 aromatic heterocycles. The second-order valence-electron chi connectivity index (χ2n) is 6.44. The van der Waals surface area contributed by atoms with E-state index in [1.54, 1.807) is 11.3 Å². The molecule has 0 aliphatic carbocycles. The summed E-state index contributed by atoms with van der Waals surface area (Å²) in [4.78, 5) is 15.7. The van der Waals surface area contributed by atoms with Gasteiger partial charge in [0.1, 0.15) is 0 Å². The van der Waals surface area contributed by atoms with Gasteiger partial charge < -0.3 is 15.0 Å². The van der Waals surface area contributed by atoms with E-state index in [4.69, 9.17) is 10.5 Å². The van der Waals surface area contributed by atoms with Crippen LogP contribution in [0.4, 0.5) is 0 Å². The number of thiophene rings is 1. The van der Waals surface area contributed by atoms with Crippen LogP contribution in [0, 0.1) is 6.92 Å². The van der Waals surface area contributed by atoms with Crippen LogP contribution in [-0.2, 0) is 17.7 Å². The number of nitrogens with zero attached hydrogens (tertiary/aromatic N) is 2. The third-order valence-electron chi connectivity index (χ3n) is 4.94. The molecule has 0 unspecified atom stereocenters. The zero-order chi connectivity index (χ0) is 17.8. The predicted molar refractivity (Wildman–Crippen MR) is 102 cm³/mol. The minimum absolute atomic E-state index is 0.331. The summed E-state index contributed by atoms with van der Waals surface area (Å²) in [5.41, 5.74) is 9.67. The first-order valence-corrected chi connectivity index (χ1v) is 9.87. The Morgan fingerprint density at radius 1 is 1.32 bits per heavy atom. The van der Waals surface area contributed by atoms with Crippen molar-refractivity contribution in [2.45, 2.75) is 33.2 Å². The third kappa shape index (κ3) is 3.81. The van der Waals surface area contributed by atoms with E-state index < -0.39 is 0 Å². The molecule has 1 aliphatic rings. The van der Waals surface area contributed by atoms with Gasteiger partial charge in [0, 0.05) is 48.0 Å². The molecule has 136 valence electrons. The number of hydrogen-bond acceptors (Lipinski definition) is 4. The monoisotopic (exact) mass is 361 g/mol. The summed E-state index contributed by atoms with van der Waals surface area (Å²) in [6.07, 6.45) is 1.95. The van der Waals surface area contributed by atoms with E-state index in [9.17, 15) is 4.79 Å². The van der Waals surface area contributed by atoms with Crippen LogP contribution in [-0.4, -0.2) is 48.2 Å². The number of hydrogen-bond donors (Lipinski definition) is 1. The first kappa shape index (κ1) is 18.2. The lowest BCUT2D eigenvalue weighted by Crippen LogP contribution is -2.37. The van der Waals surface area contributed by atoms with Gasteiger partial charge in [0.2, 0.25) is 0 Å². The largest absolute Gasteiger partial charge is 0.379 e. The summed E-state index contributed by atoms with van der Waals surface area (Å²) >= 11 is 1.66. The van der Waals surface area contributed by atoms with Crippen LogP contribution in [0.2, 0.25) is 0 Å². The molecular weight excluding hydrogens is 334 g/mol. The molecule has 0 radical (unpaired) electrons. The van der Waals surface area contributed by atoms with Crippen molar-refractivity contribution in [2.24, 2.45) is 5.73 Å². The van der Waals surface area contributed by atoms with Crippen molar-refractivity contribution < 1.29 is 9.53 Å². The number of primary amides is 1. The second kappa shape index (κ2) is 8.17. The van der Waals surface area contributed by atoms with Gasteiger partial charge >= 0.3 is 0 Å². The number of ether oxygens (including phenoxy) is 1. The summed E-state index contributed by atoms with van der Waals surface area (Å²) in [6.45, 7) is 9.83. The Labute approximate surface area is 153 Å². The normalized spacial score (nSPS) is 15.6. The quantitative estimate of drug-likeness (QED) is 0.825. The first-order chi connectivity index (χ1) is 12.1. The second-order valence-corrected chi connectivity index (χ2v) is 7.38. The van der Waals surface area contributed by atoms with Crippen molar-refractivity contribution >= 4 is 17.2 Å². The summed E-state index contributed by atoms with van der Waals surface area (Å²) < 4.78 is 7.71. The van der Waals surface area contributed by atoms with Crippen molar-refractivity contribution in [2.75, 3.05) is 32.8 Å². The lowest BCUT2D eigenvalue weighted by Gasteiger charge is -2.26. The zero-order valence-electron chi connectivity index (χ0n) is 15.1. The molecule has 2 aromatic rings. The van der Waals surface area contributed by atoms with Gasteiger partial charge in [-0.25, -0.2) is 0 Å². The molecule has 1 fully saturated rings. The fourth-order valence-electron chi connectivity index (χ4n) is 3.73. The highest BCUT2D eigenvalue weighted by atomic mass is 32.1. The van der Waals surface area contributed by atoms with E-state index in [0.29, 0.717) is 5.56 Å². The van der Waals surface area contributed by atoms with Crippen LogP contribution in [0.3, 0.4) is 0 Å². The number of rotatable bonds is 7. The molecule has 25 heavy (non-hydrogen) atoms. The summed E-state index contributed by atoms with van der Waals surface area (Å²) in [6, 6.07) is 4.10. The maximum Gasteiger partial charge on any atom is 0.251 e. The average molecular weight is 362 g/mol. The molecule has 0 spiro atoms. The number of amides is 1. The predicted octanol–water partition coefficient (Wildman–Crippen LogP) is 2.91. The van der Waals surface area contributed by atoms with E-state index in [1.165, 1.54) is 5.69 Å². The van der Waals surface area contributed by atoms with Gasteiger partial charge in [0.05, 0.1) is 18.8 Å². The fourth-order valence-corrected chi connectivity index (χ4v) is 4.53. The van der Waals surface area contributed by atoms with Crippen LogP contribution in [0.25, 0.3) is 10.4 Å². The van der Waals surface area contributed by atoms with E-state index in [1.807, 2.05) is 18.4 Å². The Balaban J connectivity index is 1.85. The summed E-state index contributed by atoms with van der Waals surface area (Å²) in [5.74, 6) is -0.331. The minimum Gasteiger partial charge on any atom is -0.379 e. The summed E-state index contributed by atoms with van der Waals surface area (Å²) in [5, 5.41) is 2.05. The van der Waals surface area contributed by atoms with Crippen LogP contribution < -0.4 is 5.73 Å². The van der Waals surface area contributed by atoms with Gasteiger partial charge in [-0.3, -0.25) is 9.69 Å².